The minimum Gasteiger partial charge on any atom is -0.494 e. The molecule has 1 fully saturated rings. The topological polar surface area (TPSA) is 108 Å². The van der Waals surface area contributed by atoms with E-state index in [1.165, 1.54) is 25.3 Å². The Balaban J connectivity index is 1.68. The smallest absolute Gasteiger partial charge is 0.273 e. The number of aliphatic hydroxyl groups is 2. The predicted molar refractivity (Wildman–Crippen MR) is 130 cm³/mol. The maximum Gasteiger partial charge on any atom is 0.273 e. The van der Waals surface area contributed by atoms with Crippen molar-refractivity contribution in [3.63, 3.8) is 0 Å². The fourth-order valence-corrected chi connectivity index (χ4v) is 4.34. The van der Waals surface area contributed by atoms with Crippen molar-refractivity contribution in [3.05, 3.63) is 58.1 Å². The van der Waals surface area contributed by atoms with E-state index in [4.69, 9.17) is 4.74 Å². The van der Waals surface area contributed by atoms with Crippen molar-refractivity contribution >= 4 is 17.1 Å². The highest BCUT2D eigenvalue weighted by molar-refractivity contribution is 5.62. The van der Waals surface area contributed by atoms with E-state index in [2.05, 4.69) is 36.2 Å². The first-order chi connectivity index (χ1) is 15.9. The van der Waals surface area contributed by atoms with Crippen LogP contribution >= 0.6 is 0 Å². The second-order valence-electron chi connectivity index (χ2n) is 8.60. The molecule has 0 spiro atoms. The minimum absolute atomic E-state index is 0.0861. The zero-order valence-corrected chi connectivity index (χ0v) is 19.6. The number of hydrogen-bond donors (Lipinski definition) is 3. The maximum atomic E-state index is 11.0. The summed E-state index contributed by atoms with van der Waals surface area (Å²) in [4.78, 5) is 12.9. The molecule has 0 bridgehead atoms. The molecule has 2 atom stereocenters. The van der Waals surface area contributed by atoms with Crippen molar-refractivity contribution in [2.45, 2.75) is 63.7 Å². The zero-order chi connectivity index (χ0) is 24.0. The van der Waals surface area contributed by atoms with E-state index >= 15 is 0 Å². The number of nitro benzene ring substituents is 1. The van der Waals surface area contributed by atoms with Crippen LogP contribution in [0.5, 0.6) is 5.75 Å². The molecule has 2 aromatic rings. The number of anilines is 2. The van der Waals surface area contributed by atoms with E-state index < -0.39 is 29.1 Å². The second kappa shape index (κ2) is 11.3. The number of nitrogens with zero attached hydrogens (tertiary/aromatic N) is 2. The number of non-ortho nitro benzene ring substituents is 1. The van der Waals surface area contributed by atoms with E-state index in [0.717, 1.165) is 50.0 Å². The molecule has 33 heavy (non-hydrogen) atoms. The number of ether oxygens (including phenoxy) is 1. The van der Waals surface area contributed by atoms with Crippen molar-refractivity contribution in [1.29, 1.82) is 0 Å². The molecule has 0 heterocycles. The number of benzene rings is 2. The van der Waals surface area contributed by atoms with Crippen molar-refractivity contribution in [2.24, 2.45) is 0 Å². The van der Waals surface area contributed by atoms with Crippen LogP contribution in [0.4, 0.5) is 17.1 Å². The zero-order valence-electron chi connectivity index (χ0n) is 19.6. The highest BCUT2D eigenvalue weighted by Crippen LogP contribution is 2.41. The molecule has 0 radical (unpaired) electrons. The molecule has 1 aliphatic carbocycles. The Morgan fingerprint density at radius 1 is 1.03 bits per heavy atom. The molecule has 8 nitrogen and oxygen atoms in total. The molecule has 0 aromatic heterocycles. The van der Waals surface area contributed by atoms with Gasteiger partial charge in [0, 0.05) is 30.8 Å². The molecular weight excluding hydrogens is 422 g/mol. The molecule has 0 saturated heterocycles. The Kier molecular flexibility index (Phi) is 8.52. The molecule has 180 valence electrons. The Morgan fingerprint density at radius 3 is 2.15 bits per heavy atom. The van der Waals surface area contributed by atoms with Gasteiger partial charge in [0.05, 0.1) is 42.0 Å². The molecule has 0 amide bonds. The van der Waals surface area contributed by atoms with Crippen LogP contribution in [-0.2, 0) is 0 Å². The Hall–Kier alpha value is -2.84. The second-order valence-corrected chi connectivity index (χ2v) is 8.60. The van der Waals surface area contributed by atoms with E-state index in [0.29, 0.717) is 5.69 Å². The van der Waals surface area contributed by atoms with Crippen LogP contribution in [0.1, 0.15) is 51.0 Å². The van der Waals surface area contributed by atoms with Crippen LogP contribution in [0.15, 0.2) is 42.5 Å². The maximum absolute atomic E-state index is 11.0. The van der Waals surface area contributed by atoms with Gasteiger partial charge in [0.15, 0.2) is 0 Å². The van der Waals surface area contributed by atoms with Gasteiger partial charge in [-0.2, -0.15) is 0 Å². The lowest BCUT2D eigenvalue weighted by Gasteiger charge is -2.47. The number of nitrogens with one attached hydrogen (secondary N) is 1. The van der Waals surface area contributed by atoms with Crippen LogP contribution in [0.25, 0.3) is 0 Å². The number of aliphatic hydroxyl groups excluding tert-OH is 2. The van der Waals surface area contributed by atoms with Crippen molar-refractivity contribution in [3.8, 4) is 5.75 Å². The summed E-state index contributed by atoms with van der Waals surface area (Å²) in [6, 6.07) is 11.7. The fraction of sp³-hybridized carbons (Fsp3) is 0.520. The molecule has 1 aliphatic rings. The first kappa shape index (κ1) is 24.8. The third-order valence-corrected chi connectivity index (χ3v) is 6.40. The van der Waals surface area contributed by atoms with Crippen LogP contribution in [0, 0.1) is 10.1 Å². The van der Waals surface area contributed by atoms with E-state index in [9.17, 15) is 20.3 Å². The summed E-state index contributed by atoms with van der Waals surface area (Å²) < 4.78 is 5.24. The molecule has 8 heteroatoms. The average Bonchev–Trinajstić information content (AvgIpc) is 2.83. The van der Waals surface area contributed by atoms with Crippen LogP contribution in [0.2, 0.25) is 0 Å². The van der Waals surface area contributed by atoms with Crippen LogP contribution < -0.4 is 15.0 Å². The van der Waals surface area contributed by atoms with Gasteiger partial charge in [-0.3, -0.25) is 10.1 Å². The van der Waals surface area contributed by atoms with Gasteiger partial charge in [-0.25, -0.2) is 0 Å². The Morgan fingerprint density at radius 2 is 1.64 bits per heavy atom. The third-order valence-electron chi connectivity index (χ3n) is 6.40. The quantitative estimate of drug-likeness (QED) is 0.322. The summed E-state index contributed by atoms with van der Waals surface area (Å²) in [7, 11) is 1.42. The summed E-state index contributed by atoms with van der Waals surface area (Å²) >= 11 is 0. The first-order valence-electron chi connectivity index (χ1n) is 11.7. The third kappa shape index (κ3) is 5.57. The number of nitro groups is 1. The van der Waals surface area contributed by atoms with Gasteiger partial charge < -0.3 is 25.2 Å². The van der Waals surface area contributed by atoms with Crippen molar-refractivity contribution in [1.82, 2.24) is 0 Å². The monoisotopic (exact) mass is 457 g/mol. The highest BCUT2D eigenvalue weighted by atomic mass is 16.6. The van der Waals surface area contributed by atoms with Gasteiger partial charge in [0.2, 0.25) is 0 Å². The van der Waals surface area contributed by atoms with Crippen LogP contribution in [0.3, 0.4) is 0 Å². The van der Waals surface area contributed by atoms with Crippen molar-refractivity contribution < 1.29 is 19.9 Å². The summed E-state index contributed by atoms with van der Waals surface area (Å²) in [5, 5.41) is 35.6. The number of methoxy groups -OCH3 is 1. The number of rotatable bonds is 12. The molecule has 1 saturated carbocycles. The molecular formula is C25H35N3O5. The van der Waals surface area contributed by atoms with Gasteiger partial charge in [0.25, 0.3) is 5.69 Å². The van der Waals surface area contributed by atoms with Gasteiger partial charge in [-0.05, 0) is 36.6 Å². The Bertz CT molecular complexity index is 903. The van der Waals surface area contributed by atoms with Crippen molar-refractivity contribution in [2.75, 3.05) is 30.4 Å². The van der Waals surface area contributed by atoms with Crippen LogP contribution in [-0.4, -0.2) is 53.6 Å². The SMILES string of the molecule is CCCCN(CCCC)c1ccc(C2C(O)C(Nc3ccc([N+](=O)[O-])cc3OC)C2O)cc1. The summed E-state index contributed by atoms with van der Waals surface area (Å²) in [6.07, 6.45) is 2.98. The number of hydrogen-bond acceptors (Lipinski definition) is 7. The first-order valence-corrected chi connectivity index (χ1v) is 11.7. The lowest BCUT2D eigenvalue weighted by Crippen LogP contribution is -2.61. The normalized spacial score (nSPS) is 21.8. The molecule has 0 aliphatic heterocycles. The van der Waals surface area contributed by atoms with Gasteiger partial charge >= 0.3 is 0 Å². The van der Waals surface area contributed by atoms with Gasteiger partial charge in [0.1, 0.15) is 5.75 Å². The molecule has 3 N–H and O–H groups in total. The summed E-state index contributed by atoms with van der Waals surface area (Å²) in [5.74, 6) is -0.115. The highest BCUT2D eigenvalue weighted by Gasteiger charge is 2.50. The summed E-state index contributed by atoms with van der Waals surface area (Å²) in [5.41, 5.74) is 2.45. The lowest BCUT2D eigenvalue weighted by atomic mass is 9.70. The lowest BCUT2D eigenvalue weighted by molar-refractivity contribution is -0.384. The fourth-order valence-electron chi connectivity index (χ4n) is 4.34. The molecule has 3 rings (SSSR count). The number of unbranched alkanes of at least 4 members (excludes halogenated alkanes) is 2. The Labute approximate surface area is 195 Å². The average molecular weight is 458 g/mol. The minimum atomic E-state index is -0.804. The standard InChI is InChI=1S/C25H35N3O5/c1-4-6-14-27(15-7-5-2)18-10-8-17(9-11-18)22-24(29)23(25(22)30)26-20-13-12-19(28(31)32)16-21(20)33-3/h8-13,16,22-26,29-30H,4-7,14-15H2,1-3H3. The molecule has 2 aromatic carbocycles. The van der Waals surface area contributed by atoms with E-state index in [-0.39, 0.29) is 11.4 Å². The molecule has 2 unspecified atom stereocenters. The van der Waals surface area contributed by atoms with E-state index in [1.807, 2.05) is 12.1 Å². The largest absolute Gasteiger partial charge is 0.494 e. The summed E-state index contributed by atoms with van der Waals surface area (Å²) in [6.45, 7) is 6.43. The van der Waals surface area contributed by atoms with Gasteiger partial charge in [-0.15, -0.1) is 0 Å². The van der Waals surface area contributed by atoms with E-state index in [1.54, 1.807) is 0 Å². The predicted octanol–water partition coefficient (Wildman–Crippen LogP) is 4.31. The van der Waals surface area contributed by atoms with Gasteiger partial charge in [-0.1, -0.05) is 38.8 Å².